The molecule has 11 atom stereocenters. The Hall–Kier alpha value is -1.01. The van der Waals surface area contributed by atoms with Gasteiger partial charge in [-0.15, -0.1) is 0 Å². The number of carbonyl (C=O) groups is 1. The second kappa shape index (κ2) is 40.7. The fourth-order valence-electron chi connectivity index (χ4n) is 8.93. The monoisotopic (exact) mass is 949 g/mol. The summed E-state index contributed by atoms with van der Waals surface area (Å²) < 4.78 is 34.3. The molecule has 0 saturated carbocycles. The SMILES string of the molecule is CCCCCCCCCCCCCCCCCCCC(=O)OC(COCCCCCCCCCCCCCCCCC)COC1OC(COC2OC(CO)C(O)C(O)C2O)C(O)C(O)C1O. The van der Waals surface area contributed by atoms with Crippen LogP contribution in [0.15, 0.2) is 0 Å². The van der Waals surface area contributed by atoms with Crippen molar-refractivity contribution in [3.8, 4) is 0 Å². The van der Waals surface area contributed by atoms with Crippen LogP contribution >= 0.6 is 0 Å². The smallest absolute Gasteiger partial charge is 0.306 e. The van der Waals surface area contributed by atoms with E-state index in [2.05, 4.69) is 13.8 Å². The average molecular weight is 949 g/mol. The number of carbonyl (C=O) groups excluding carboxylic acids is 1. The van der Waals surface area contributed by atoms with E-state index in [9.17, 15) is 40.5 Å². The van der Waals surface area contributed by atoms with E-state index in [4.69, 9.17) is 28.4 Å². The molecule has 0 spiro atoms. The minimum Gasteiger partial charge on any atom is -0.457 e. The van der Waals surface area contributed by atoms with Gasteiger partial charge in [-0.25, -0.2) is 0 Å². The van der Waals surface area contributed by atoms with Gasteiger partial charge in [-0.3, -0.25) is 4.79 Å². The van der Waals surface area contributed by atoms with Crippen molar-refractivity contribution in [2.24, 2.45) is 0 Å². The first kappa shape index (κ1) is 61.1. The summed E-state index contributed by atoms with van der Waals surface area (Å²) in [7, 11) is 0. The van der Waals surface area contributed by atoms with Gasteiger partial charge in [0.2, 0.25) is 0 Å². The predicted molar refractivity (Wildman–Crippen MR) is 257 cm³/mol. The first-order valence-corrected chi connectivity index (χ1v) is 27.1. The Morgan fingerprint density at radius 2 is 0.803 bits per heavy atom. The molecule has 0 aliphatic carbocycles. The summed E-state index contributed by atoms with van der Waals surface area (Å²) in [5.41, 5.74) is 0. The molecule has 7 N–H and O–H groups in total. The van der Waals surface area contributed by atoms with Gasteiger partial charge in [0.25, 0.3) is 0 Å². The number of aliphatic hydroxyl groups is 7. The van der Waals surface area contributed by atoms with Gasteiger partial charge in [0.1, 0.15) is 54.9 Å². The van der Waals surface area contributed by atoms with Gasteiger partial charge < -0.3 is 64.2 Å². The number of hydrogen-bond donors (Lipinski definition) is 7. The standard InChI is InChI=1S/C52H100O14/c1-3-5-7-9-11-13-15-17-19-20-21-23-25-27-29-31-33-35-44(54)64-41(38-61-36-34-32-30-28-26-24-22-18-16-14-12-10-8-6-4-2)39-62-51-50(60)48(58)46(56)43(66-51)40-63-52-49(59)47(57)45(55)42(37-53)65-52/h41-43,45-53,55-60H,3-40H2,1-2H3. The lowest BCUT2D eigenvalue weighted by Crippen LogP contribution is -2.61. The number of hydrogen-bond acceptors (Lipinski definition) is 14. The quantitative estimate of drug-likeness (QED) is 0.0226. The van der Waals surface area contributed by atoms with Crippen molar-refractivity contribution in [2.45, 2.75) is 293 Å². The van der Waals surface area contributed by atoms with Crippen molar-refractivity contribution < 1.29 is 69.0 Å². The third-order valence-electron chi connectivity index (χ3n) is 13.4. The van der Waals surface area contributed by atoms with E-state index in [1.807, 2.05) is 0 Å². The molecule has 11 unspecified atom stereocenters. The highest BCUT2D eigenvalue weighted by Crippen LogP contribution is 2.27. The van der Waals surface area contributed by atoms with Gasteiger partial charge in [-0.1, -0.05) is 206 Å². The van der Waals surface area contributed by atoms with Gasteiger partial charge in [0, 0.05) is 13.0 Å². The maximum atomic E-state index is 13.0. The Balaban J connectivity index is 1.74. The van der Waals surface area contributed by atoms with E-state index in [-0.39, 0.29) is 25.6 Å². The summed E-state index contributed by atoms with van der Waals surface area (Å²) in [4.78, 5) is 13.0. The first-order chi connectivity index (χ1) is 32.1. The van der Waals surface area contributed by atoms with Crippen LogP contribution < -0.4 is 0 Å². The zero-order valence-corrected chi connectivity index (χ0v) is 41.7. The molecular weight excluding hydrogens is 849 g/mol. The topological polar surface area (TPSA) is 214 Å². The number of aliphatic hydroxyl groups excluding tert-OH is 7. The Morgan fingerprint density at radius 1 is 0.439 bits per heavy atom. The van der Waals surface area contributed by atoms with Gasteiger partial charge in [0.05, 0.1) is 26.4 Å². The molecule has 0 aromatic carbocycles. The van der Waals surface area contributed by atoms with Gasteiger partial charge in [-0.05, 0) is 12.8 Å². The molecule has 2 rings (SSSR count). The molecule has 2 fully saturated rings. The number of rotatable bonds is 44. The van der Waals surface area contributed by atoms with E-state index in [0.717, 1.165) is 44.9 Å². The van der Waals surface area contributed by atoms with Gasteiger partial charge >= 0.3 is 5.97 Å². The van der Waals surface area contributed by atoms with Crippen LogP contribution in [0.5, 0.6) is 0 Å². The normalized spacial score (nSPS) is 26.2. The summed E-state index contributed by atoms with van der Waals surface area (Å²) in [6.45, 7) is 3.75. The highest BCUT2D eigenvalue weighted by Gasteiger charge is 2.47. The lowest BCUT2D eigenvalue weighted by molar-refractivity contribution is -0.332. The molecular formula is C52H100O14. The second-order valence-corrected chi connectivity index (χ2v) is 19.4. The van der Waals surface area contributed by atoms with E-state index in [1.54, 1.807) is 0 Å². The van der Waals surface area contributed by atoms with E-state index >= 15 is 0 Å². The fraction of sp³-hybridized carbons (Fsp3) is 0.981. The van der Waals surface area contributed by atoms with Crippen molar-refractivity contribution in [3.05, 3.63) is 0 Å². The minimum absolute atomic E-state index is 0.0705. The molecule has 14 heteroatoms. The molecule has 2 aliphatic heterocycles. The highest BCUT2D eigenvalue weighted by molar-refractivity contribution is 5.69. The maximum absolute atomic E-state index is 13.0. The molecule has 392 valence electrons. The number of esters is 1. The third-order valence-corrected chi connectivity index (χ3v) is 13.4. The van der Waals surface area contributed by atoms with Crippen molar-refractivity contribution >= 4 is 5.97 Å². The van der Waals surface area contributed by atoms with E-state index < -0.39 is 80.7 Å². The van der Waals surface area contributed by atoms with Crippen LogP contribution in [0, 0.1) is 0 Å². The van der Waals surface area contributed by atoms with Gasteiger partial charge in [0.15, 0.2) is 12.6 Å². The van der Waals surface area contributed by atoms with Crippen molar-refractivity contribution in [2.75, 3.05) is 33.0 Å². The van der Waals surface area contributed by atoms with Gasteiger partial charge in [-0.2, -0.15) is 0 Å². The largest absolute Gasteiger partial charge is 0.457 e. The lowest BCUT2D eigenvalue weighted by Gasteiger charge is -2.42. The number of ether oxygens (including phenoxy) is 6. The molecule has 2 aliphatic rings. The Labute approximate surface area is 400 Å². The fourth-order valence-corrected chi connectivity index (χ4v) is 8.93. The van der Waals surface area contributed by atoms with Crippen LogP contribution in [0.4, 0.5) is 0 Å². The van der Waals surface area contributed by atoms with Crippen molar-refractivity contribution in [3.63, 3.8) is 0 Å². The Bertz CT molecular complexity index is 1100. The molecule has 0 aromatic heterocycles. The Kier molecular flexibility index (Phi) is 37.7. The van der Waals surface area contributed by atoms with Crippen LogP contribution in [0.2, 0.25) is 0 Å². The lowest BCUT2D eigenvalue weighted by atomic mass is 9.98. The second-order valence-electron chi connectivity index (χ2n) is 19.4. The molecule has 2 saturated heterocycles. The molecule has 14 nitrogen and oxygen atoms in total. The molecule has 0 radical (unpaired) electrons. The van der Waals surface area contributed by atoms with E-state index in [0.29, 0.717) is 6.61 Å². The average Bonchev–Trinajstić information content (AvgIpc) is 3.31. The summed E-state index contributed by atoms with van der Waals surface area (Å²) in [5.74, 6) is -0.369. The van der Waals surface area contributed by atoms with Crippen LogP contribution in [-0.4, -0.2) is 142 Å². The third kappa shape index (κ3) is 28.0. The maximum Gasteiger partial charge on any atom is 0.306 e. The van der Waals surface area contributed by atoms with Crippen LogP contribution in [0.1, 0.15) is 226 Å². The zero-order valence-electron chi connectivity index (χ0n) is 41.7. The predicted octanol–water partition coefficient (Wildman–Crippen LogP) is 8.47. The highest BCUT2D eigenvalue weighted by atomic mass is 16.7. The van der Waals surface area contributed by atoms with Crippen LogP contribution in [0.3, 0.4) is 0 Å². The van der Waals surface area contributed by atoms with Crippen LogP contribution in [0.25, 0.3) is 0 Å². The molecule has 0 bridgehead atoms. The summed E-state index contributed by atoms with van der Waals surface area (Å²) >= 11 is 0. The minimum atomic E-state index is -1.70. The summed E-state index contributed by atoms with van der Waals surface area (Å²) in [6, 6.07) is 0. The van der Waals surface area contributed by atoms with Crippen molar-refractivity contribution in [1.82, 2.24) is 0 Å². The van der Waals surface area contributed by atoms with Crippen molar-refractivity contribution in [1.29, 1.82) is 0 Å². The number of unbranched alkanes of at least 4 members (excludes halogenated alkanes) is 30. The summed E-state index contributed by atoms with van der Waals surface area (Å²) in [5, 5.41) is 72.2. The molecule has 0 aromatic rings. The first-order valence-electron chi connectivity index (χ1n) is 27.1. The van der Waals surface area contributed by atoms with E-state index in [1.165, 1.54) is 161 Å². The Morgan fingerprint density at radius 3 is 1.23 bits per heavy atom. The molecule has 0 amide bonds. The molecule has 66 heavy (non-hydrogen) atoms. The van der Waals surface area contributed by atoms with Crippen LogP contribution in [-0.2, 0) is 33.2 Å². The molecule has 2 heterocycles. The zero-order chi connectivity index (χ0) is 48.0. The summed E-state index contributed by atoms with van der Waals surface area (Å²) in [6.07, 6.45) is 24.4.